The van der Waals surface area contributed by atoms with Crippen LogP contribution in [0.3, 0.4) is 0 Å². The van der Waals surface area contributed by atoms with Crippen molar-refractivity contribution in [3.63, 3.8) is 0 Å². The zero-order valence-corrected chi connectivity index (χ0v) is 18.4. The van der Waals surface area contributed by atoms with Crippen LogP contribution in [0, 0.1) is 6.92 Å². The van der Waals surface area contributed by atoms with Crippen molar-refractivity contribution in [2.24, 2.45) is 7.05 Å². The molecule has 1 aliphatic rings. The van der Waals surface area contributed by atoms with Gasteiger partial charge in [-0.2, -0.15) is 18.3 Å². The van der Waals surface area contributed by atoms with Gasteiger partial charge in [0.25, 0.3) is 0 Å². The molecule has 1 aliphatic carbocycles. The summed E-state index contributed by atoms with van der Waals surface area (Å²) in [6, 6.07) is 5.43. The minimum atomic E-state index is -4.38. The van der Waals surface area contributed by atoms with Crippen LogP contribution in [-0.2, 0) is 12.5 Å². The average molecular weight is 467 g/mol. The SMILES string of the molecule is Cc1cn2cc(-c3ccnc(Nc4ccnn4C)n3)cc2c2nnc(C3(C(F)(F)F)CCC3)n12. The molecule has 6 rings (SSSR count). The molecule has 0 bridgehead atoms. The van der Waals surface area contributed by atoms with E-state index in [9.17, 15) is 13.2 Å². The molecule has 34 heavy (non-hydrogen) atoms. The van der Waals surface area contributed by atoms with Crippen LogP contribution < -0.4 is 5.32 Å². The number of nitrogens with zero attached hydrogens (tertiary/aromatic N) is 8. The van der Waals surface area contributed by atoms with Crippen LogP contribution in [0.25, 0.3) is 22.4 Å². The van der Waals surface area contributed by atoms with E-state index in [-0.39, 0.29) is 18.7 Å². The van der Waals surface area contributed by atoms with Crippen molar-refractivity contribution >= 4 is 22.9 Å². The second-order valence-electron chi connectivity index (χ2n) is 8.64. The van der Waals surface area contributed by atoms with Crippen molar-refractivity contribution in [2.45, 2.75) is 37.8 Å². The van der Waals surface area contributed by atoms with Crippen LogP contribution in [0.2, 0.25) is 0 Å². The van der Waals surface area contributed by atoms with E-state index in [0.717, 1.165) is 11.4 Å². The number of nitrogens with one attached hydrogen (secondary N) is 1. The number of alkyl halides is 3. The Labute approximate surface area is 191 Å². The molecule has 0 atom stereocenters. The van der Waals surface area contributed by atoms with E-state index in [1.165, 1.54) is 0 Å². The maximum atomic E-state index is 14.0. The van der Waals surface area contributed by atoms with Gasteiger partial charge in [0, 0.05) is 43.0 Å². The molecule has 12 heteroatoms. The number of rotatable bonds is 4. The number of fused-ring (bicyclic) bond motifs is 3. The maximum absolute atomic E-state index is 14.0. The van der Waals surface area contributed by atoms with E-state index >= 15 is 0 Å². The highest BCUT2D eigenvalue weighted by Gasteiger charge is 2.62. The van der Waals surface area contributed by atoms with Gasteiger partial charge in [-0.25, -0.2) is 9.97 Å². The molecular formula is C22H20F3N9. The molecule has 0 spiro atoms. The van der Waals surface area contributed by atoms with Crippen molar-refractivity contribution in [2.75, 3.05) is 5.32 Å². The molecule has 1 N–H and O–H groups in total. The van der Waals surface area contributed by atoms with Crippen LogP contribution >= 0.6 is 0 Å². The average Bonchev–Trinajstić information content (AvgIpc) is 3.46. The highest BCUT2D eigenvalue weighted by atomic mass is 19.4. The van der Waals surface area contributed by atoms with Crippen LogP contribution in [0.1, 0.15) is 30.8 Å². The summed E-state index contributed by atoms with van der Waals surface area (Å²) in [5.74, 6) is 1.11. The lowest BCUT2D eigenvalue weighted by atomic mass is 9.67. The number of halogens is 3. The van der Waals surface area contributed by atoms with E-state index in [4.69, 9.17) is 0 Å². The molecule has 0 aliphatic heterocycles. The Hall–Kier alpha value is -3.96. The molecule has 5 aromatic heterocycles. The van der Waals surface area contributed by atoms with E-state index in [0.29, 0.717) is 34.9 Å². The first-order chi connectivity index (χ1) is 16.3. The zero-order chi connectivity index (χ0) is 23.7. The van der Waals surface area contributed by atoms with Crippen molar-refractivity contribution in [1.29, 1.82) is 0 Å². The highest BCUT2D eigenvalue weighted by Crippen LogP contribution is 2.54. The van der Waals surface area contributed by atoms with Crippen molar-refractivity contribution in [3.05, 3.63) is 54.5 Å². The number of hydrogen-bond donors (Lipinski definition) is 1. The summed E-state index contributed by atoms with van der Waals surface area (Å²) < 4.78 is 47.1. The second kappa shape index (κ2) is 7.02. The number of hydrogen-bond acceptors (Lipinski definition) is 6. The van der Waals surface area contributed by atoms with E-state index in [2.05, 4.69) is 30.6 Å². The normalized spacial score (nSPS) is 15.7. The first-order valence-electron chi connectivity index (χ1n) is 10.8. The fourth-order valence-corrected chi connectivity index (χ4v) is 4.61. The fourth-order valence-electron chi connectivity index (χ4n) is 4.61. The van der Waals surface area contributed by atoms with Gasteiger partial charge >= 0.3 is 6.18 Å². The monoisotopic (exact) mass is 467 g/mol. The molecule has 0 radical (unpaired) electrons. The Kier molecular flexibility index (Phi) is 4.26. The third kappa shape index (κ3) is 2.90. The van der Waals surface area contributed by atoms with Crippen LogP contribution in [0.5, 0.6) is 0 Å². The minimum Gasteiger partial charge on any atom is -0.318 e. The van der Waals surface area contributed by atoms with E-state index in [1.54, 1.807) is 53.8 Å². The predicted octanol–water partition coefficient (Wildman–Crippen LogP) is 4.21. The molecule has 5 aromatic rings. The fraction of sp³-hybridized carbons (Fsp3) is 0.318. The Morgan fingerprint density at radius 2 is 1.91 bits per heavy atom. The topological polar surface area (TPSA) is 90.2 Å². The van der Waals surface area contributed by atoms with Crippen LogP contribution in [-0.4, -0.2) is 44.9 Å². The first kappa shape index (κ1) is 20.6. The van der Waals surface area contributed by atoms with Gasteiger partial charge in [0.1, 0.15) is 11.2 Å². The Balaban J connectivity index is 1.45. The van der Waals surface area contributed by atoms with Crippen molar-refractivity contribution < 1.29 is 13.2 Å². The molecule has 1 fully saturated rings. The zero-order valence-electron chi connectivity index (χ0n) is 18.4. The minimum absolute atomic E-state index is 0.0293. The molecule has 1 saturated carbocycles. The Morgan fingerprint density at radius 1 is 1.09 bits per heavy atom. The van der Waals surface area contributed by atoms with Gasteiger partial charge in [0.05, 0.1) is 17.4 Å². The second-order valence-corrected chi connectivity index (χ2v) is 8.64. The number of aryl methyl sites for hydroxylation is 2. The summed E-state index contributed by atoms with van der Waals surface area (Å²) >= 11 is 0. The van der Waals surface area contributed by atoms with Crippen LogP contribution in [0.4, 0.5) is 24.9 Å². The van der Waals surface area contributed by atoms with E-state index in [1.807, 2.05) is 16.7 Å². The molecule has 174 valence electrons. The van der Waals surface area contributed by atoms with Gasteiger partial charge in [-0.3, -0.25) is 9.08 Å². The molecule has 0 aromatic carbocycles. The standard InChI is InChI=1S/C22H20F3N9/c1-13-11-33-12-14(15-4-8-26-20(28-15)29-17-5-9-27-32(17)2)10-16(33)18-30-31-19(34(13)18)21(6-3-7-21)22(23,24)25/h4-5,8-12H,3,6-7H2,1-2H3,(H,26,28,29). The van der Waals surface area contributed by atoms with Crippen molar-refractivity contribution in [3.8, 4) is 11.3 Å². The lowest BCUT2D eigenvalue weighted by Crippen LogP contribution is -2.49. The van der Waals surface area contributed by atoms with Crippen molar-refractivity contribution in [1.82, 2.24) is 38.7 Å². The van der Waals surface area contributed by atoms with Gasteiger partial charge in [-0.05, 0) is 31.9 Å². The summed E-state index contributed by atoms with van der Waals surface area (Å²) in [5.41, 5.74) is 1.16. The third-order valence-corrected chi connectivity index (χ3v) is 6.61. The predicted molar refractivity (Wildman–Crippen MR) is 118 cm³/mol. The van der Waals surface area contributed by atoms with Gasteiger partial charge in [-0.1, -0.05) is 6.42 Å². The molecule has 0 amide bonds. The summed E-state index contributed by atoms with van der Waals surface area (Å²) in [6.45, 7) is 1.77. The summed E-state index contributed by atoms with van der Waals surface area (Å²) in [5, 5.41) is 15.5. The highest BCUT2D eigenvalue weighted by molar-refractivity contribution is 5.79. The summed E-state index contributed by atoms with van der Waals surface area (Å²) in [6.07, 6.45) is 3.17. The summed E-state index contributed by atoms with van der Waals surface area (Å²) in [4.78, 5) is 8.85. The van der Waals surface area contributed by atoms with Gasteiger partial charge in [-0.15, -0.1) is 10.2 Å². The number of anilines is 2. The molecular weight excluding hydrogens is 447 g/mol. The molecule has 5 heterocycles. The van der Waals surface area contributed by atoms with Gasteiger partial charge in [0.2, 0.25) is 5.95 Å². The smallest absolute Gasteiger partial charge is 0.318 e. The third-order valence-electron chi connectivity index (χ3n) is 6.61. The van der Waals surface area contributed by atoms with E-state index < -0.39 is 11.6 Å². The summed E-state index contributed by atoms with van der Waals surface area (Å²) in [7, 11) is 1.81. The molecule has 0 unspecified atom stereocenters. The molecule has 9 nitrogen and oxygen atoms in total. The lowest BCUT2D eigenvalue weighted by molar-refractivity contribution is -0.215. The first-order valence-corrected chi connectivity index (χ1v) is 10.8. The quantitative estimate of drug-likeness (QED) is 0.426. The lowest BCUT2D eigenvalue weighted by Gasteiger charge is -2.41. The Morgan fingerprint density at radius 3 is 2.59 bits per heavy atom. The molecule has 0 saturated heterocycles. The largest absolute Gasteiger partial charge is 0.401 e. The number of aromatic nitrogens is 8. The van der Waals surface area contributed by atoms with Gasteiger partial charge < -0.3 is 9.72 Å². The Bertz CT molecular complexity index is 1540. The maximum Gasteiger partial charge on any atom is 0.401 e. The van der Waals surface area contributed by atoms with Crippen LogP contribution in [0.15, 0.2) is 43.0 Å². The van der Waals surface area contributed by atoms with Gasteiger partial charge in [0.15, 0.2) is 11.5 Å².